The number of nitrogens with one attached hydrogen (secondary N) is 1. The number of benzene rings is 1. The Labute approximate surface area is 133 Å². The van der Waals surface area contributed by atoms with Gasteiger partial charge in [0.15, 0.2) is 0 Å². The highest BCUT2D eigenvalue weighted by molar-refractivity contribution is 9.10. The number of alkyl halides is 3. The molecule has 1 aromatic heterocycles. The summed E-state index contributed by atoms with van der Waals surface area (Å²) in [7, 11) is 0. The van der Waals surface area contributed by atoms with E-state index in [1.807, 2.05) is 6.92 Å². The molecule has 0 fully saturated rings. The predicted octanol–water partition coefficient (Wildman–Crippen LogP) is 5.80. The number of nitrogens with zero attached hydrogens (tertiary/aromatic N) is 1. The average molecular weight is 382 g/mol. The molecule has 2 rings (SSSR count). The maximum atomic E-state index is 13.2. The molecule has 0 atom stereocenters. The molecular formula is C14H13BrClF3N2. The molecule has 0 aliphatic carbocycles. The first-order valence-corrected chi connectivity index (χ1v) is 7.53. The van der Waals surface area contributed by atoms with Gasteiger partial charge in [0.2, 0.25) is 0 Å². The summed E-state index contributed by atoms with van der Waals surface area (Å²) in [5, 5.41) is 3.82. The molecule has 0 unspecified atom stereocenters. The van der Waals surface area contributed by atoms with Gasteiger partial charge in [-0.1, -0.05) is 34.5 Å². The molecule has 0 radical (unpaired) electrons. The molecule has 7 heteroatoms. The van der Waals surface area contributed by atoms with Crippen molar-refractivity contribution >= 4 is 44.1 Å². The van der Waals surface area contributed by atoms with E-state index in [0.717, 1.165) is 6.42 Å². The molecule has 2 nitrogen and oxygen atoms in total. The minimum absolute atomic E-state index is 0.0754. The number of pyridine rings is 1. The fraction of sp³-hybridized carbons (Fsp3) is 0.357. The van der Waals surface area contributed by atoms with Crippen LogP contribution in [0.1, 0.15) is 24.6 Å². The molecule has 0 spiro atoms. The number of rotatable bonds is 3. The van der Waals surface area contributed by atoms with Crippen molar-refractivity contribution in [3.05, 3.63) is 32.9 Å². The molecule has 0 saturated carbocycles. The minimum Gasteiger partial charge on any atom is -0.384 e. The topological polar surface area (TPSA) is 24.9 Å². The first-order valence-electron chi connectivity index (χ1n) is 6.36. The van der Waals surface area contributed by atoms with Crippen LogP contribution in [-0.4, -0.2) is 11.5 Å². The van der Waals surface area contributed by atoms with Crippen LogP contribution >= 0.6 is 27.5 Å². The fourth-order valence-corrected chi connectivity index (χ4v) is 2.85. The van der Waals surface area contributed by atoms with E-state index >= 15 is 0 Å². The van der Waals surface area contributed by atoms with Crippen molar-refractivity contribution in [3.8, 4) is 0 Å². The Hall–Kier alpha value is -1.01. The Bertz CT molecular complexity index is 686. The Morgan fingerprint density at radius 3 is 2.57 bits per heavy atom. The van der Waals surface area contributed by atoms with Crippen LogP contribution in [0.2, 0.25) is 5.02 Å². The number of anilines is 1. The van der Waals surface area contributed by atoms with E-state index in [0.29, 0.717) is 22.1 Å². The van der Waals surface area contributed by atoms with Crippen LogP contribution in [0, 0.1) is 6.92 Å². The second kappa shape index (κ2) is 6.01. The van der Waals surface area contributed by atoms with Crippen molar-refractivity contribution < 1.29 is 13.2 Å². The number of hydrogen-bond donors (Lipinski definition) is 1. The highest BCUT2D eigenvalue weighted by atomic mass is 79.9. The second-order valence-electron chi connectivity index (χ2n) is 4.64. The third-order valence-electron chi connectivity index (χ3n) is 3.10. The lowest BCUT2D eigenvalue weighted by Gasteiger charge is -2.18. The summed E-state index contributed by atoms with van der Waals surface area (Å²) in [5.74, 6) is 0. The highest BCUT2D eigenvalue weighted by Gasteiger charge is 2.36. The lowest BCUT2D eigenvalue weighted by atomic mass is 10.1. The van der Waals surface area contributed by atoms with Crippen LogP contribution in [0.15, 0.2) is 16.6 Å². The SMILES string of the molecule is CCCNc1c(C)c(C(F)(F)F)nc2c(Cl)ccc(Br)c12. The van der Waals surface area contributed by atoms with Crippen molar-refractivity contribution in [2.45, 2.75) is 26.4 Å². The van der Waals surface area contributed by atoms with E-state index in [-0.39, 0.29) is 16.1 Å². The fourth-order valence-electron chi connectivity index (χ4n) is 2.14. The standard InChI is InChI=1S/C14H13BrClF3N2/c1-3-6-20-11-7(2)13(14(17,18)19)21-12-9(16)5-4-8(15)10(11)12/h4-5H,3,6H2,1-2H3,(H,20,21). The number of hydrogen-bond acceptors (Lipinski definition) is 2. The van der Waals surface area contributed by atoms with Crippen LogP contribution < -0.4 is 5.32 Å². The lowest BCUT2D eigenvalue weighted by molar-refractivity contribution is -0.141. The van der Waals surface area contributed by atoms with Gasteiger partial charge in [0.1, 0.15) is 5.69 Å². The molecule has 0 bridgehead atoms. The van der Waals surface area contributed by atoms with Gasteiger partial charge in [-0.15, -0.1) is 0 Å². The smallest absolute Gasteiger partial charge is 0.384 e. The molecule has 0 aliphatic heterocycles. The van der Waals surface area contributed by atoms with Crippen molar-refractivity contribution in [1.82, 2.24) is 4.98 Å². The number of halogens is 5. The average Bonchev–Trinajstić information content (AvgIpc) is 2.40. The number of aromatic nitrogens is 1. The van der Waals surface area contributed by atoms with Gasteiger partial charge in [0, 0.05) is 27.7 Å². The normalized spacial score (nSPS) is 12.0. The van der Waals surface area contributed by atoms with E-state index in [9.17, 15) is 13.2 Å². The lowest BCUT2D eigenvalue weighted by Crippen LogP contribution is -2.14. The highest BCUT2D eigenvalue weighted by Crippen LogP contribution is 2.41. The van der Waals surface area contributed by atoms with Crippen molar-refractivity contribution in [2.24, 2.45) is 0 Å². The summed E-state index contributed by atoms with van der Waals surface area (Å²) in [4.78, 5) is 3.75. The van der Waals surface area contributed by atoms with E-state index in [4.69, 9.17) is 11.6 Å². The second-order valence-corrected chi connectivity index (χ2v) is 5.90. The largest absolute Gasteiger partial charge is 0.433 e. The predicted molar refractivity (Wildman–Crippen MR) is 83.0 cm³/mol. The van der Waals surface area contributed by atoms with Gasteiger partial charge >= 0.3 is 6.18 Å². The maximum Gasteiger partial charge on any atom is 0.433 e. The Balaban J connectivity index is 2.86. The van der Waals surface area contributed by atoms with Crippen LogP contribution in [0.5, 0.6) is 0 Å². The van der Waals surface area contributed by atoms with Crippen LogP contribution in [0.4, 0.5) is 18.9 Å². The number of fused-ring (bicyclic) bond motifs is 1. The zero-order valence-electron chi connectivity index (χ0n) is 11.4. The van der Waals surface area contributed by atoms with Gasteiger partial charge in [-0.3, -0.25) is 0 Å². The Morgan fingerprint density at radius 1 is 1.33 bits per heavy atom. The first kappa shape index (κ1) is 16.4. The van der Waals surface area contributed by atoms with E-state index in [2.05, 4.69) is 26.2 Å². The van der Waals surface area contributed by atoms with Crippen LogP contribution in [0.3, 0.4) is 0 Å². The molecular weight excluding hydrogens is 369 g/mol. The summed E-state index contributed by atoms with van der Waals surface area (Å²) < 4.78 is 40.2. The summed E-state index contributed by atoms with van der Waals surface area (Å²) >= 11 is 9.39. The van der Waals surface area contributed by atoms with Gasteiger partial charge < -0.3 is 5.32 Å². The molecule has 1 N–H and O–H groups in total. The van der Waals surface area contributed by atoms with Gasteiger partial charge in [0.05, 0.1) is 10.5 Å². The molecule has 1 aromatic carbocycles. The van der Waals surface area contributed by atoms with Crippen molar-refractivity contribution in [1.29, 1.82) is 0 Å². The van der Waals surface area contributed by atoms with E-state index in [1.54, 1.807) is 6.07 Å². The Morgan fingerprint density at radius 2 is 2.00 bits per heavy atom. The molecule has 114 valence electrons. The van der Waals surface area contributed by atoms with E-state index < -0.39 is 11.9 Å². The zero-order valence-corrected chi connectivity index (χ0v) is 13.7. The van der Waals surface area contributed by atoms with E-state index in [1.165, 1.54) is 13.0 Å². The first-order chi connectivity index (χ1) is 9.77. The monoisotopic (exact) mass is 380 g/mol. The maximum absolute atomic E-state index is 13.2. The third kappa shape index (κ3) is 3.11. The summed E-state index contributed by atoms with van der Waals surface area (Å²) in [6.45, 7) is 3.93. The van der Waals surface area contributed by atoms with Gasteiger partial charge in [-0.2, -0.15) is 13.2 Å². The summed E-state index contributed by atoms with van der Waals surface area (Å²) in [6.07, 6.45) is -3.73. The summed E-state index contributed by atoms with van der Waals surface area (Å²) in [5.41, 5.74) is -0.272. The van der Waals surface area contributed by atoms with Gasteiger partial charge in [0.25, 0.3) is 0 Å². The minimum atomic E-state index is -4.52. The molecule has 1 heterocycles. The molecule has 0 saturated heterocycles. The van der Waals surface area contributed by atoms with Gasteiger partial charge in [-0.25, -0.2) is 4.98 Å². The van der Waals surface area contributed by atoms with Crippen molar-refractivity contribution in [2.75, 3.05) is 11.9 Å². The zero-order chi connectivity index (χ0) is 15.8. The van der Waals surface area contributed by atoms with Crippen LogP contribution in [-0.2, 0) is 6.18 Å². The molecule has 0 aliphatic rings. The summed E-state index contributed by atoms with van der Waals surface area (Å²) in [6, 6.07) is 3.23. The molecule has 0 amide bonds. The molecule has 2 aromatic rings. The third-order valence-corrected chi connectivity index (χ3v) is 4.07. The Kier molecular flexibility index (Phi) is 4.68. The van der Waals surface area contributed by atoms with Crippen molar-refractivity contribution in [3.63, 3.8) is 0 Å². The van der Waals surface area contributed by atoms with Gasteiger partial charge in [-0.05, 0) is 25.5 Å². The quantitative estimate of drug-likeness (QED) is 0.727. The van der Waals surface area contributed by atoms with Crippen LogP contribution in [0.25, 0.3) is 10.9 Å². The molecule has 21 heavy (non-hydrogen) atoms.